The van der Waals surface area contributed by atoms with Gasteiger partial charge in [0.15, 0.2) is 0 Å². The van der Waals surface area contributed by atoms with Crippen LogP contribution in [0, 0.1) is 11.8 Å². The fourth-order valence-electron chi connectivity index (χ4n) is 4.46. The van der Waals surface area contributed by atoms with E-state index in [2.05, 4.69) is 26.9 Å². The van der Waals surface area contributed by atoms with E-state index in [9.17, 15) is 9.90 Å². The maximum absolute atomic E-state index is 12.2. The highest BCUT2D eigenvalue weighted by molar-refractivity contribution is 5.87. The van der Waals surface area contributed by atoms with Gasteiger partial charge in [0.2, 0.25) is 0 Å². The largest absolute Gasteiger partial charge is 0.383 e. The predicted molar refractivity (Wildman–Crippen MR) is 95.2 cm³/mol. The number of amides is 1. The fraction of sp³-hybridized carbons (Fsp3) is 0.611. The smallest absolute Gasteiger partial charge is 0.251 e. The molecule has 7 nitrogen and oxygen atoms in total. The standard InChI is InChI=1S/C18H25N5O2/c1-3-15(24)18(25)23-8-11-6-13(7-12(11)9-23)22(2)17-14-4-5-19-16(14)20-10-21-17/h4-5,10-13,15,24H,3,6-9H2,1-2H3,(H,19,20,21)/t11-,12?,13?,15-/m0/s1. The topological polar surface area (TPSA) is 85.3 Å². The van der Waals surface area contributed by atoms with Gasteiger partial charge in [-0.3, -0.25) is 4.79 Å². The molecule has 2 aromatic rings. The fourth-order valence-corrected chi connectivity index (χ4v) is 4.46. The molecule has 2 aliphatic rings. The summed E-state index contributed by atoms with van der Waals surface area (Å²) in [4.78, 5) is 28.2. The first-order chi connectivity index (χ1) is 12.1. The van der Waals surface area contributed by atoms with E-state index < -0.39 is 6.10 Å². The summed E-state index contributed by atoms with van der Waals surface area (Å²) in [5, 5.41) is 10.8. The molecule has 0 radical (unpaired) electrons. The average Bonchev–Trinajstić information content (AvgIpc) is 3.32. The Morgan fingerprint density at radius 2 is 2.12 bits per heavy atom. The Bertz CT molecular complexity index is 762. The number of aliphatic hydroxyl groups excluding tert-OH is 1. The van der Waals surface area contributed by atoms with Crippen LogP contribution in [-0.2, 0) is 4.79 Å². The molecule has 2 unspecified atom stereocenters. The summed E-state index contributed by atoms with van der Waals surface area (Å²) in [5.74, 6) is 1.89. The number of aromatic nitrogens is 3. The number of nitrogens with zero attached hydrogens (tertiary/aromatic N) is 4. The van der Waals surface area contributed by atoms with Gasteiger partial charge in [-0.2, -0.15) is 0 Å². The van der Waals surface area contributed by atoms with E-state index in [1.165, 1.54) is 0 Å². The van der Waals surface area contributed by atoms with Crippen molar-refractivity contribution in [2.75, 3.05) is 25.0 Å². The van der Waals surface area contributed by atoms with Crippen molar-refractivity contribution in [1.82, 2.24) is 19.9 Å². The van der Waals surface area contributed by atoms with Crippen LogP contribution >= 0.6 is 0 Å². The Kier molecular flexibility index (Phi) is 4.11. The molecule has 0 spiro atoms. The number of anilines is 1. The number of hydrogen-bond acceptors (Lipinski definition) is 5. The molecule has 25 heavy (non-hydrogen) atoms. The number of H-pyrrole nitrogens is 1. The van der Waals surface area contributed by atoms with Gasteiger partial charge in [-0.1, -0.05) is 6.92 Å². The minimum absolute atomic E-state index is 0.105. The Morgan fingerprint density at radius 1 is 1.40 bits per heavy atom. The first-order valence-corrected chi connectivity index (χ1v) is 9.06. The third kappa shape index (κ3) is 2.76. The second kappa shape index (κ2) is 6.29. The van der Waals surface area contributed by atoms with Crippen molar-refractivity contribution in [2.45, 2.75) is 38.3 Å². The number of nitrogens with one attached hydrogen (secondary N) is 1. The molecule has 1 saturated carbocycles. The van der Waals surface area contributed by atoms with Crippen molar-refractivity contribution in [1.29, 1.82) is 0 Å². The van der Waals surface area contributed by atoms with Gasteiger partial charge in [-0.25, -0.2) is 9.97 Å². The van der Waals surface area contributed by atoms with Gasteiger partial charge in [0, 0.05) is 32.4 Å². The molecule has 0 bridgehead atoms. The van der Waals surface area contributed by atoms with Crippen LogP contribution in [0.4, 0.5) is 5.82 Å². The lowest BCUT2D eigenvalue weighted by Gasteiger charge is -2.28. The van der Waals surface area contributed by atoms with Gasteiger partial charge in [-0.05, 0) is 37.2 Å². The predicted octanol–water partition coefficient (Wildman–Crippen LogP) is 1.40. The lowest BCUT2D eigenvalue weighted by atomic mass is 10.0. The molecule has 134 valence electrons. The highest BCUT2D eigenvalue weighted by Crippen LogP contribution is 2.41. The third-order valence-corrected chi connectivity index (χ3v) is 5.92. The van der Waals surface area contributed by atoms with Crippen LogP contribution in [0.25, 0.3) is 11.0 Å². The summed E-state index contributed by atoms with van der Waals surface area (Å²) in [6, 6.07) is 2.44. The van der Waals surface area contributed by atoms with Crippen molar-refractivity contribution < 1.29 is 9.90 Å². The zero-order valence-corrected chi connectivity index (χ0v) is 14.7. The molecule has 1 aliphatic carbocycles. The highest BCUT2D eigenvalue weighted by Gasteiger charge is 2.44. The monoisotopic (exact) mass is 343 g/mol. The summed E-state index contributed by atoms with van der Waals surface area (Å²) in [7, 11) is 2.10. The number of carbonyl (C=O) groups excluding carboxylic acids is 1. The van der Waals surface area contributed by atoms with Crippen LogP contribution in [0.1, 0.15) is 26.2 Å². The Morgan fingerprint density at radius 3 is 2.80 bits per heavy atom. The summed E-state index contributed by atoms with van der Waals surface area (Å²) >= 11 is 0. The molecule has 4 atom stereocenters. The molecule has 2 fully saturated rings. The molecule has 2 aromatic heterocycles. The van der Waals surface area contributed by atoms with E-state index in [1.54, 1.807) is 6.33 Å². The first kappa shape index (κ1) is 16.3. The number of carbonyl (C=O) groups is 1. The number of likely N-dealkylation sites (tertiary alicyclic amines) is 1. The van der Waals surface area contributed by atoms with Crippen LogP contribution in [0.5, 0.6) is 0 Å². The van der Waals surface area contributed by atoms with Crippen molar-refractivity contribution in [3.05, 3.63) is 18.6 Å². The highest BCUT2D eigenvalue weighted by atomic mass is 16.3. The molecule has 3 heterocycles. The minimum atomic E-state index is -0.847. The number of aromatic amines is 1. The van der Waals surface area contributed by atoms with E-state index >= 15 is 0 Å². The van der Waals surface area contributed by atoms with Gasteiger partial charge < -0.3 is 19.9 Å². The first-order valence-electron chi connectivity index (χ1n) is 9.06. The van der Waals surface area contributed by atoms with E-state index in [0.29, 0.717) is 24.3 Å². The second-order valence-electron chi connectivity index (χ2n) is 7.36. The van der Waals surface area contributed by atoms with Crippen molar-refractivity contribution in [3.63, 3.8) is 0 Å². The zero-order chi connectivity index (χ0) is 17.6. The third-order valence-electron chi connectivity index (χ3n) is 5.92. The Hall–Kier alpha value is -2.15. The number of rotatable bonds is 4. The van der Waals surface area contributed by atoms with Crippen LogP contribution in [0.2, 0.25) is 0 Å². The van der Waals surface area contributed by atoms with Crippen LogP contribution < -0.4 is 4.90 Å². The van der Waals surface area contributed by atoms with Crippen molar-refractivity contribution >= 4 is 22.8 Å². The molecular formula is C18H25N5O2. The molecule has 2 N–H and O–H groups in total. The van der Waals surface area contributed by atoms with Crippen molar-refractivity contribution in [2.24, 2.45) is 11.8 Å². The van der Waals surface area contributed by atoms with Crippen LogP contribution in [0.3, 0.4) is 0 Å². The summed E-state index contributed by atoms with van der Waals surface area (Å²) < 4.78 is 0. The van der Waals surface area contributed by atoms with Crippen LogP contribution in [0.15, 0.2) is 18.6 Å². The van der Waals surface area contributed by atoms with Crippen molar-refractivity contribution in [3.8, 4) is 0 Å². The lowest BCUT2D eigenvalue weighted by Crippen LogP contribution is -2.39. The summed E-state index contributed by atoms with van der Waals surface area (Å²) in [5.41, 5.74) is 0.861. The molecule has 1 saturated heterocycles. The molecule has 0 aromatic carbocycles. The number of fused-ring (bicyclic) bond motifs is 2. The SMILES string of the molecule is CC[C@H](O)C(=O)N1CC2CC(N(C)c3ncnc4[nH]ccc34)C[C@H]2C1. The Labute approximate surface area is 147 Å². The van der Waals surface area contributed by atoms with Gasteiger partial charge in [0.05, 0.1) is 5.39 Å². The molecule has 1 aliphatic heterocycles. The lowest BCUT2D eigenvalue weighted by molar-refractivity contribution is -0.139. The maximum Gasteiger partial charge on any atom is 0.251 e. The molecule has 4 rings (SSSR count). The Balaban J connectivity index is 1.45. The number of hydrogen-bond donors (Lipinski definition) is 2. The molecular weight excluding hydrogens is 318 g/mol. The van der Waals surface area contributed by atoms with E-state index in [0.717, 1.165) is 42.8 Å². The zero-order valence-electron chi connectivity index (χ0n) is 14.7. The summed E-state index contributed by atoms with van der Waals surface area (Å²) in [6.07, 6.45) is 5.25. The number of aliphatic hydroxyl groups is 1. The van der Waals surface area contributed by atoms with E-state index in [4.69, 9.17) is 0 Å². The van der Waals surface area contributed by atoms with Gasteiger partial charge in [-0.15, -0.1) is 0 Å². The van der Waals surface area contributed by atoms with E-state index in [1.807, 2.05) is 24.1 Å². The quantitative estimate of drug-likeness (QED) is 0.876. The van der Waals surface area contributed by atoms with Crippen LogP contribution in [-0.4, -0.2) is 63.1 Å². The second-order valence-corrected chi connectivity index (χ2v) is 7.36. The van der Waals surface area contributed by atoms with Gasteiger partial charge >= 0.3 is 0 Å². The average molecular weight is 343 g/mol. The normalized spacial score (nSPS) is 26.8. The molecule has 7 heteroatoms. The minimum Gasteiger partial charge on any atom is -0.383 e. The van der Waals surface area contributed by atoms with Gasteiger partial charge in [0.25, 0.3) is 5.91 Å². The molecule has 1 amide bonds. The summed E-state index contributed by atoms with van der Waals surface area (Å²) in [6.45, 7) is 3.39. The van der Waals surface area contributed by atoms with Gasteiger partial charge in [0.1, 0.15) is 23.9 Å². The maximum atomic E-state index is 12.2. The van der Waals surface area contributed by atoms with E-state index in [-0.39, 0.29) is 5.91 Å².